The normalized spacial score (nSPS) is 18.7. The standard InChI is InChI=1S/C12H14BrCl2NO2S/c13-9-3-4-11(10(15)7-9)19(17,18)16-12(8-14)5-1-2-6-12/h3-4,7,16H,1-2,5-6,8H2. The number of hydrogen-bond donors (Lipinski definition) is 1. The Balaban J connectivity index is 2.32. The van der Waals surface area contributed by atoms with Crippen LogP contribution in [0.4, 0.5) is 0 Å². The molecule has 0 spiro atoms. The van der Waals surface area contributed by atoms with E-state index >= 15 is 0 Å². The van der Waals surface area contributed by atoms with Crippen molar-refractivity contribution < 1.29 is 8.42 Å². The van der Waals surface area contributed by atoms with Crippen LogP contribution in [0.5, 0.6) is 0 Å². The molecule has 1 fully saturated rings. The van der Waals surface area contributed by atoms with Crippen molar-refractivity contribution in [1.82, 2.24) is 4.72 Å². The predicted octanol–water partition coefficient (Wildman–Crippen LogP) is 3.93. The zero-order chi connectivity index (χ0) is 14.1. The van der Waals surface area contributed by atoms with Crippen molar-refractivity contribution in [2.45, 2.75) is 36.1 Å². The molecule has 1 aliphatic rings. The zero-order valence-corrected chi connectivity index (χ0v) is 14.0. The van der Waals surface area contributed by atoms with Gasteiger partial charge in [0.1, 0.15) is 4.90 Å². The van der Waals surface area contributed by atoms with Crippen molar-refractivity contribution in [1.29, 1.82) is 0 Å². The minimum Gasteiger partial charge on any atom is -0.207 e. The molecule has 0 aliphatic heterocycles. The first-order valence-electron chi connectivity index (χ1n) is 5.94. The molecule has 3 nitrogen and oxygen atoms in total. The van der Waals surface area contributed by atoms with Gasteiger partial charge < -0.3 is 0 Å². The molecule has 7 heteroatoms. The van der Waals surface area contributed by atoms with Crippen LogP contribution in [0, 0.1) is 0 Å². The van der Waals surface area contributed by atoms with Crippen LogP contribution in [0.3, 0.4) is 0 Å². The Morgan fingerprint density at radius 3 is 2.47 bits per heavy atom. The Morgan fingerprint density at radius 2 is 1.95 bits per heavy atom. The second-order valence-electron chi connectivity index (χ2n) is 4.80. The Hall–Kier alpha value is 0.190. The molecule has 0 bridgehead atoms. The molecule has 2 rings (SSSR count). The molecule has 0 atom stereocenters. The molecule has 0 saturated heterocycles. The van der Waals surface area contributed by atoms with Gasteiger partial charge in [0.05, 0.1) is 5.02 Å². The lowest BCUT2D eigenvalue weighted by Gasteiger charge is -2.27. The lowest BCUT2D eigenvalue weighted by Crippen LogP contribution is -2.47. The van der Waals surface area contributed by atoms with E-state index in [9.17, 15) is 8.42 Å². The van der Waals surface area contributed by atoms with Gasteiger partial charge in [-0.1, -0.05) is 40.4 Å². The number of benzene rings is 1. The number of hydrogen-bond acceptors (Lipinski definition) is 2. The smallest absolute Gasteiger partial charge is 0.207 e. The fourth-order valence-electron chi connectivity index (χ4n) is 2.35. The van der Waals surface area contributed by atoms with E-state index in [0.717, 1.165) is 30.2 Å². The third-order valence-electron chi connectivity index (χ3n) is 3.35. The van der Waals surface area contributed by atoms with Crippen molar-refractivity contribution in [3.05, 3.63) is 27.7 Å². The van der Waals surface area contributed by atoms with Gasteiger partial charge >= 0.3 is 0 Å². The van der Waals surface area contributed by atoms with Crippen molar-refractivity contribution in [2.75, 3.05) is 5.88 Å². The van der Waals surface area contributed by atoms with Crippen LogP contribution in [0.1, 0.15) is 25.7 Å². The van der Waals surface area contributed by atoms with E-state index in [1.54, 1.807) is 12.1 Å². The SMILES string of the molecule is O=S(=O)(NC1(CCl)CCCC1)c1ccc(Br)cc1Cl. The highest BCUT2D eigenvalue weighted by atomic mass is 79.9. The average Bonchev–Trinajstić information content (AvgIpc) is 2.77. The summed E-state index contributed by atoms with van der Waals surface area (Å²) in [5.74, 6) is 0.278. The summed E-state index contributed by atoms with van der Waals surface area (Å²) in [6, 6.07) is 4.71. The van der Waals surface area contributed by atoms with E-state index in [4.69, 9.17) is 23.2 Å². The van der Waals surface area contributed by atoms with E-state index < -0.39 is 15.6 Å². The van der Waals surface area contributed by atoms with Crippen molar-refractivity contribution in [3.8, 4) is 0 Å². The van der Waals surface area contributed by atoms with Crippen LogP contribution in [0.15, 0.2) is 27.6 Å². The van der Waals surface area contributed by atoms with Crippen LogP contribution >= 0.6 is 39.1 Å². The van der Waals surface area contributed by atoms with Crippen molar-refractivity contribution in [3.63, 3.8) is 0 Å². The Bertz CT molecular complexity index is 571. The highest BCUT2D eigenvalue weighted by molar-refractivity contribution is 9.10. The average molecular weight is 387 g/mol. The monoisotopic (exact) mass is 385 g/mol. The predicted molar refractivity (Wildman–Crippen MR) is 81.4 cm³/mol. The third-order valence-corrected chi connectivity index (χ3v) is 6.42. The molecule has 0 amide bonds. The Labute approximate surface area is 131 Å². The summed E-state index contributed by atoms with van der Waals surface area (Å²) in [5, 5.41) is 0.199. The molecule has 0 heterocycles. The second kappa shape index (κ2) is 5.90. The fraction of sp³-hybridized carbons (Fsp3) is 0.500. The maximum Gasteiger partial charge on any atom is 0.242 e. The first-order chi connectivity index (χ1) is 8.88. The summed E-state index contributed by atoms with van der Waals surface area (Å²) in [6.45, 7) is 0. The molecular weight excluding hydrogens is 373 g/mol. The minimum absolute atomic E-state index is 0.0914. The maximum absolute atomic E-state index is 12.4. The lowest BCUT2D eigenvalue weighted by molar-refractivity contribution is 0.433. The van der Waals surface area contributed by atoms with Crippen LogP contribution in [0.2, 0.25) is 5.02 Å². The topological polar surface area (TPSA) is 46.2 Å². The van der Waals surface area contributed by atoms with Crippen LogP contribution < -0.4 is 4.72 Å². The van der Waals surface area contributed by atoms with Gasteiger partial charge in [-0.2, -0.15) is 0 Å². The maximum atomic E-state index is 12.4. The van der Waals surface area contributed by atoms with Gasteiger partial charge in [0.25, 0.3) is 0 Å². The molecule has 0 aromatic heterocycles. The summed E-state index contributed by atoms with van der Waals surface area (Å²) >= 11 is 15.2. The van der Waals surface area contributed by atoms with Gasteiger partial charge in [-0.3, -0.25) is 0 Å². The van der Waals surface area contributed by atoms with E-state index in [1.165, 1.54) is 6.07 Å². The zero-order valence-electron chi connectivity index (χ0n) is 10.1. The highest BCUT2D eigenvalue weighted by Gasteiger charge is 2.37. The molecule has 1 aromatic rings. The molecular formula is C12H14BrCl2NO2S. The number of sulfonamides is 1. The summed E-state index contributed by atoms with van der Waals surface area (Å²) in [5.41, 5.74) is -0.531. The van der Waals surface area contributed by atoms with E-state index in [0.29, 0.717) is 0 Å². The number of rotatable bonds is 4. The number of alkyl halides is 1. The van der Waals surface area contributed by atoms with Crippen LogP contribution in [0.25, 0.3) is 0 Å². The Kier molecular flexibility index (Phi) is 4.83. The van der Waals surface area contributed by atoms with Gasteiger partial charge in [0.15, 0.2) is 0 Å². The number of halogens is 3. The summed E-state index contributed by atoms with van der Waals surface area (Å²) in [4.78, 5) is 0.0914. The third kappa shape index (κ3) is 3.45. The molecule has 1 aliphatic carbocycles. The fourth-order valence-corrected chi connectivity index (χ4v) is 5.26. The summed E-state index contributed by atoms with van der Waals surface area (Å²) < 4.78 is 28.3. The highest BCUT2D eigenvalue weighted by Crippen LogP contribution is 2.33. The second-order valence-corrected chi connectivity index (χ2v) is 8.04. The molecule has 0 unspecified atom stereocenters. The van der Waals surface area contributed by atoms with Gasteiger partial charge in [-0.15, -0.1) is 11.6 Å². The van der Waals surface area contributed by atoms with Crippen LogP contribution in [-0.2, 0) is 10.0 Å². The minimum atomic E-state index is -3.65. The number of nitrogens with one attached hydrogen (secondary N) is 1. The van der Waals surface area contributed by atoms with Gasteiger partial charge in [0, 0.05) is 15.9 Å². The van der Waals surface area contributed by atoms with Gasteiger partial charge in [0.2, 0.25) is 10.0 Å². The first kappa shape index (κ1) is 15.6. The first-order valence-corrected chi connectivity index (χ1v) is 9.12. The largest absolute Gasteiger partial charge is 0.242 e. The molecule has 1 saturated carbocycles. The quantitative estimate of drug-likeness (QED) is 0.796. The lowest BCUT2D eigenvalue weighted by atomic mass is 10.0. The van der Waals surface area contributed by atoms with Gasteiger partial charge in [-0.05, 0) is 31.0 Å². The Morgan fingerprint density at radius 1 is 1.32 bits per heavy atom. The van der Waals surface area contributed by atoms with Crippen molar-refractivity contribution >= 4 is 49.2 Å². The van der Waals surface area contributed by atoms with Gasteiger partial charge in [-0.25, -0.2) is 13.1 Å². The molecule has 1 N–H and O–H groups in total. The summed E-state index contributed by atoms with van der Waals surface area (Å²) in [6.07, 6.45) is 3.51. The molecule has 1 aromatic carbocycles. The van der Waals surface area contributed by atoms with Crippen molar-refractivity contribution in [2.24, 2.45) is 0 Å². The van der Waals surface area contributed by atoms with E-state index in [2.05, 4.69) is 20.7 Å². The summed E-state index contributed by atoms with van der Waals surface area (Å²) in [7, 11) is -3.65. The van der Waals surface area contributed by atoms with Crippen LogP contribution in [-0.4, -0.2) is 19.8 Å². The molecule has 19 heavy (non-hydrogen) atoms. The van der Waals surface area contributed by atoms with E-state index in [-0.39, 0.29) is 15.8 Å². The molecule has 0 radical (unpaired) electrons. The van der Waals surface area contributed by atoms with E-state index in [1.807, 2.05) is 0 Å². The molecule has 106 valence electrons.